The van der Waals surface area contributed by atoms with Crippen LogP contribution in [-0.4, -0.2) is 22.1 Å². The maximum absolute atomic E-state index is 11.7. The molecule has 14 heavy (non-hydrogen) atoms. The van der Waals surface area contributed by atoms with E-state index in [0.717, 1.165) is 18.5 Å². The number of rotatable bonds is 4. The van der Waals surface area contributed by atoms with E-state index < -0.39 is 0 Å². The lowest BCUT2D eigenvalue weighted by Gasteiger charge is -2.13. The molecule has 4 nitrogen and oxygen atoms in total. The van der Waals surface area contributed by atoms with Gasteiger partial charge in [0.05, 0.1) is 11.8 Å². The van der Waals surface area contributed by atoms with Crippen molar-refractivity contribution in [2.45, 2.75) is 39.7 Å². The summed E-state index contributed by atoms with van der Waals surface area (Å²) < 4.78 is 0. The molecule has 0 fully saturated rings. The predicted molar refractivity (Wildman–Crippen MR) is 55.2 cm³/mol. The maximum atomic E-state index is 11.7. The summed E-state index contributed by atoms with van der Waals surface area (Å²) >= 11 is 0. The van der Waals surface area contributed by atoms with E-state index in [-0.39, 0.29) is 11.9 Å². The third-order valence-electron chi connectivity index (χ3n) is 2.40. The van der Waals surface area contributed by atoms with Crippen LogP contribution in [0.5, 0.6) is 0 Å². The number of amides is 1. The van der Waals surface area contributed by atoms with Gasteiger partial charge in [-0.1, -0.05) is 13.8 Å². The van der Waals surface area contributed by atoms with Gasteiger partial charge in [-0.05, 0) is 19.8 Å². The summed E-state index contributed by atoms with van der Waals surface area (Å²) in [6.45, 7) is 5.97. The van der Waals surface area contributed by atoms with Crippen molar-refractivity contribution in [2.24, 2.45) is 0 Å². The zero-order valence-electron chi connectivity index (χ0n) is 8.92. The van der Waals surface area contributed by atoms with Crippen LogP contribution in [0.25, 0.3) is 0 Å². The Morgan fingerprint density at radius 3 is 2.64 bits per heavy atom. The molecule has 0 aromatic carbocycles. The molecule has 1 rings (SSSR count). The van der Waals surface area contributed by atoms with Gasteiger partial charge in [0, 0.05) is 11.7 Å². The molecular formula is C10H17N3O. The number of hydrogen-bond donors (Lipinski definition) is 2. The van der Waals surface area contributed by atoms with Gasteiger partial charge in [-0.3, -0.25) is 9.89 Å². The van der Waals surface area contributed by atoms with Crippen LogP contribution in [0.4, 0.5) is 0 Å². The molecule has 0 aliphatic heterocycles. The van der Waals surface area contributed by atoms with Crippen molar-refractivity contribution in [1.29, 1.82) is 0 Å². The largest absolute Gasteiger partial charge is 0.349 e. The molecule has 1 amide bonds. The summed E-state index contributed by atoms with van der Waals surface area (Å²) in [7, 11) is 0. The molecule has 0 unspecified atom stereocenters. The van der Waals surface area contributed by atoms with Crippen molar-refractivity contribution < 1.29 is 4.79 Å². The molecule has 0 spiro atoms. The third-order valence-corrected chi connectivity index (χ3v) is 2.40. The SMILES string of the molecule is CCC(CC)NC(=O)c1cn[nH]c1C. The van der Waals surface area contributed by atoms with Gasteiger partial charge in [-0.2, -0.15) is 5.10 Å². The van der Waals surface area contributed by atoms with Crippen molar-refractivity contribution in [2.75, 3.05) is 0 Å². The van der Waals surface area contributed by atoms with E-state index in [1.165, 1.54) is 0 Å². The zero-order valence-corrected chi connectivity index (χ0v) is 8.92. The van der Waals surface area contributed by atoms with Crippen LogP contribution in [0, 0.1) is 6.92 Å². The average Bonchev–Trinajstić information content (AvgIpc) is 2.60. The fourth-order valence-corrected chi connectivity index (χ4v) is 1.34. The highest BCUT2D eigenvalue weighted by molar-refractivity contribution is 5.95. The summed E-state index contributed by atoms with van der Waals surface area (Å²) in [5.41, 5.74) is 1.45. The van der Waals surface area contributed by atoms with E-state index in [0.29, 0.717) is 5.56 Å². The van der Waals surface area contributed by atoms with Crippen LogP contribution in [-0.2, 0) is 0 Å². The van der Waals surface area contributed by atoms with Gasteiger partial charge in [0.25, 0.3) is 5.91 Å². The monoisotopic (exact) mass is 195 g/mol. The minimum atomic E-state index is -0.0371. The molecule has 2 N–H and O–H groups in total. The van der Waals surface area contributed by atoms with E-state index in [1.54, 1.807) is 6.20 Å². The van der Waals surface area contributed by atoms with Crippen molar-refractivity contribution in [3.63, 3.8) is 0 Å². The normalized spacial score (nSPS) is 10.6. The first kappa shape index (κ1) is 10.8. The molecule has 4 heteroatoms. The van der Waals surface area contributed by atoms with E-state index in [2.05, 4.69) is 29.4 Å². The molecule has 0 aliphatic rings. The van der Waals surface area contributed by atoms with Gasteiger partial charge < -0.3 is 5.32 Å². The number of H-pyrrole nitrogens is 1. The summed E-state index contributed by atoms with van der Waals surface area (Å²) in [6.07, 6.45) is 3.48. The van der Waals surface area contributed by atoms with Crippen LogP contribution >= 0.6 is 0 Å². The molecule has 0 saturated carbocycles. The number of aromatic nitrogens is 2. The second kappa shape index (κ2) is 4.79. The molecule has 1 aromatic rings. The Kier molecular flexibility index (Phi) is 3.68. The smallest absolute Gasteiger partial charge is 0.254 e. The number of nitrogens with one attached hydrogen (secondary N) is 2. The van der Waals surface area contributed by atoms with Crippen molar-refractivity contribution in [3.05, 3.63) is 17.5 Å². The van der Waals surface area contributed by atoms with Gasteiger partial charge >= 0.3 is 0 Å². The molecule has 0 atom stereocenters. The highest BCUT2D eigenvalue weighted by atomic mass is 16.1. The quantitative estimate of drug-likeness (QED) is 0.767. The zero-order chi connectivity index (χ0) is 10.6. The van der Waals surface area contributed by atoms with Crippen LogP contribution in [0.15, 0.2) is 6.20 Å². The standard InChI is InChI=1S/C10H17N3O/c1-4-8(5-2)12-10(14)9-6-11-13-7(9)3/h6,8H,4-5H2,1-3H3,(H,11,13)(H,12,14). The molecule has 0 bridgehead atoms. The van der Waals surface area contributed by atoms with Crippen molar-refractivity contribution >= 4 is 5.91 Å². The lowest BCUT2D eigenvalue weighted by Crippen LogP contribution is -2.33. The van der Waals surface area contributed by atoms with Crippen molar-refractivity contribution in [1.82, 2.24) is 15.5 Å². The van der Waals surface area contributed by atoms with Gasteiger partial charge in [0.1, 0.15) is 0 Å². The Morgan fingerprint density at radius 2 is 2.21 bits per heavy atom. The lowest BCUT2D eigenvalue weighted by atomic mass is 10.1. The average molecular weight is 195 g/mol. The van der Waals surface area contributed by atoms with Crippen molar-refractivity contribution in [3.8, 4) is 0 Å². The van der Waals surface area contributed by atoms with E-state index in [9.17, 15) is 4.79 Å². The van der Waals surface area contributed by atoms with Gasteiger partial charge in [-0.25, -0.2) is 0 Å². The number of aromatic amines is 1. The summed E-state index contributed by atoms with van der Waals surface area (Å²) in [5.74, 6) is -0.0371. The fourth-order valence-electron chi connectivity index (χ4n) is 1.34. The number of hydrogen-bond acceptors (Lipinski definition) is 2. The van der Waals surface area contributed by atoms with E-state index >= 15 is 0 Å². The number of carbonyl (C=O) groups excluding carboxylic acids is 1. The minimum Gasteiger partial charge on any atom is -0.349 e. The van der Waals surface area contributed by atoms with Crippen LogP contribution < -0.4 is 5.32 Å². The Hall–Kier alpha value is -1.32. The highest BCUT2D eigenvalue weighted by Crippen LogP contribution is 2.04. The molecule has 0 radical (unpaired) electrons. The van der Waals surface area contributed by atoms with Gasteiger partial charge in [0.2, 0.25) is 0 Å². The van der Waals surface area contributed by atoms with E-state index in [1.807, 2.05) is 6.92 Å². The van der Waals surface area contributed by atoms with Crippen LogP contribution in [0.2, 0.25) is 0 Å². The predicted octanol–water partition coefficient (Wildman–Crippen LogP) is 1.64. The fraction of sp³-hybridized carbons (Fsp3) is 0.600. The number of nitrogens with zero attached hydrogens (tertiary/aromatic N) is 1. The topological polar surface area (TPSA) is 57.8 Å². The highest BCUT2D eigenvalue weighted by Gasteiger charge is 2.13. The summed E-state index contributed by atoms with van der Waals surface area (Å²) in [6, 6.07) is 0.261. The second-order valence-electron chi connectivity index (χ2n) is 3.40. The Balaban J connectivity index is 2.63. The lowest BCUT2D eigenvalue weighted by molar-refractivity contribution is 0.0934. The summed E-state index contributed by atoms with van der Waals surface area (Å²) in [5, 5.41) is 9.52. The minimum absolute atomic E-state index is 0.0371. The Morgan fingerprint density at radius 1 is 1.57 bits per heavy atom. The van der Waals surface area contributed by atoms with E-state index in [4.69, 9.17) is 0 Å². The second-order valence-corrected chi connectivity index (χ2v) is 3.40. The molecule has 0 saturated heterocycles. The number of aryl methyl sites for hydroxylation is 1. The molecular weight excluding hydrogens is 178 g/mol. The first-order valence-corrected chi connectivity index (χ1v) is 4.99. The molecule has 1 aromatic heterocycles. The Labute approximate surface area is 84.1 Å². The molecule has 1 heterocycles. The van der Waals surface area contributed by atoms with Crippen LogP contribution in [0.3, 0.4) is 0 Å². The van der Waals surface area contributed by atoms with Crippen LogP contribution in [0.1, 0.15) is 42.7 Å². The maximum Gasteiger partial charge on any atom is 0.254 e. The van der Waals surface area contributed by atoms with Gasteiger partial charge in [-0.15, -0.1) is 0 Å². The summed E-state index contributed by atoms with van der Waals surface area (Å²) in [4.78, 5) is 11.7. The van der Waals surface area contributed by atoms with Gasteiger partial charge in [0.15, 0.2) is 0 Å². The molecule has 78 valence electrons. The third kappa shape index (κ3) is 2.34. The Bertz CT molecular complexity index is 302. The number of carbonyl (C=O) groups is 1. The first-order valence-electron chi connectivity index (χ1n) is 4.99. The first-order chi connectivity index (χ1) is 6.69. The molecule has 0 aliphatic carbocycles.